The van der Waals surface area contributed by atoms with E-state index in [2.05, 4.69) is 11.1 Å². The number of carboxylic acid groups (broad SMARTS) is 1. The molecule has 0 aromatic heterocycles. The zero-order chi connectivity index (χ0) is 9.72. The highest BCUT2D eigenvalue weighted by Crippen LogP contribution is 1.94. The Labute approximate surface area is 70.9 Å². The van der Waals surface area contributed by atoms with Crippen molar-refractivity contribution < 1.29 is 20.4 Å². The van der Waals surface area contributed by atoms with Crippen LogP contribution in [0.4, 0.5) is 0 Å². The standard InChI is InChI=1S/C7H14N2O3/c1-4(2)6(8)7(12)9-3-5(10)11/h4,6H,3,8H2,1-2H3,(H,9,12)(H,10,11)/t6-/m0/s1. The summed E-state index contributed by atoms with van der Waals surface area (Å²) >= 11 is 0. The quantitative estimate of drug-likeness (QED) is 0.479. The third kappa shape index (κ3) is 3.92. The molecule has 0 saturated carbocycles. The van der Waals surface area contributed by atoms with Gasteiger partial charge in [0.2, 0.25) is 0 Å². The van der Waals surface area contributed by atoms with Gasteiger partial charge in [-0.05, 0) is 0 Å². The molecule has 4 N–H and O–H groups in total. The molecule has 0 radical (unpaired) electrons. The number of carbonyl (C=O) groups excluding carboxylic acids is 2. The van der Waals surface area contributed by atoms with Gasteiger partial charge < -0.3 is 21.0 Å². The van der Waals surface area contributed by atoms with E-state index in [0.29, 0.717) is 0 Å². The van der Waals surface area contributed by atoms with Crippen molar-refractivity contribution in [3.63, 3.8) is 0 Å². The van der Waals surface area contributed by atoms with Crippen LogP contribution in [0.2, 0.25) is 0 Å². The molecular weight excluding hydrogens is 160 g/mol. The highest BCUT2D eigenvalue weighted by atomic mass is 16.4. The fraction of sp³-hybridized carbons (Fsp3) is 0.714. The highest BCUT2D eigenvalue weighted by Gasteiger charge is 2.20. The number of rotatable bonds is 4. The van der Waals surface area contributed by atoms with E-state index < -0.39 is 18.6 Å². The second-order valence-corrected chi connectivity index (χ2v) is 2.94. The monoisotopic (exact) mass is 174 g/mol. The van der Waals surface area contributed by atoms with Crippen LogP contribution in [0.3, 0.4) is 0 Å². The van der Waals surface area contributed by atoms with Gasteiger partial charge in [0.05, 0.1) is 12.5 Å². The number of hydrogen-bond acceptors (Lipinski definition) is 3. The van der Waals surface area contributed by atoms with Crippen LogP contribution in [-0.4, -0.2) is 24.5 Å². The Morgan fingerprint density at radius 3 is 2.33 bits per heavy atom. The average Bonchev–Trinajstić information content (AvgIpc) is 1.98. The van der Waals surface area contributed by atoms with Crippen molar-refractivity contribution in [2.75, 3.05) is 6.54 Å². The molecule has 5 nitrogen and oxygen atoms in total. The summed E-state index contributed by atoms with van der Waals surface area (Å²) in [6, 6.07) is -0.413. The lowest BCUT2D eigenvalue weighted by molar-refractivity contribution is -0.414. The maximum Gasteiger partial charge on any atom is 0.278 e. The molecule has 0 fully saturated rings. The van der Waals surface area contributed by atoms with Crippen molar-refractivity contribution in [3.8, 4) is 0 Å². The van der Waals surface area contributed by atoms with Gasteiger partial charge in [0.15, 0.2) is 6.04 Å². The smallest absolute Gasteiger partial charge is 0.278 e. The van der Waals surface area contributed by atoms with Gasteiger partial charge in [0.1, 0.15) is 0 Å². The Kier molecular flexibility index (Phi) is 4.28. The third-order valence-corrected chi connectivity index (χ3v) is 1.55. The van der Waals surface area contributed by atoms with E-state index in [9.17, 15) is 14.7 Å². The van der Waals surface area contributed by atoms with Gasteiger partial charge in [-0.15, -0.1) is 0 Å². The van der Waals surface area contributed by atoms with Crippen molar-refractivity contribution in [1.82, 2.24) is 5.32 Å². The maximum atomic E-state index is 11.0. The maximum absolute atomic E-state index is 11.0. The first-order valence-electron chi connectivity index (χ1n) is 3.75. The zero-order valence-electron chi connectivity index (χ0n) is 7.29. The molecular formula is C7H14N2O3. The first-order chi connectivity index (χ1) is 5.45. The molecule has 1 atom stereocenters. The SMILES string of the molecule is CC(C)[C@H]([NH3+])C(=O)NCC(=O)[O-]. The number of carboxylic acids is 1. The Morgan fingerprint density at radius 1 is 1.50 bits per heavy atom. The van der Waals surface area contributed by atoms with Crippen molar-refractivity contribution >= 4 is 11.9 Å². The molecule has 70 valence electrons. The van der Waals surface area contributed by atoms with Crippen LogP contribution in [0.1, 0.15) is 13.8 Å². The lowest BCUT2D eigenvalue weighted by Gasteiger charge is -2.12. The molecule has 0 aliphatic carbocycles. The molecule has 0 rings (SSSR count). The van der Waals surface area contributed by atoms with E-state index in [0.717, 1.165) is 0 Å². The Bertz CT molecular complexity index is 179. The minimum Gasteiger partial charge on any atom is -0.548 e. The largest absolute Gasteiger partial charge is 0.548 e. The molecule has 0 aliphatic rings. The summed E-state index contributed by atoms with van der Waals surface area (Å²) in [6.45, 7) is 3.24. The third-order valence-electron chi connectivity index (χ3n) is 1.55. The van der Waals surface area contributed by atoms with Crippen molar-refractivity contribution in [2.45, 2.75) is 19.9 Å². The normalized spacial score (nSPS) is 12.7. The van der Waals surface area contributed by atoms with Gasteiger partial charge in [-0.1, -0.05) is 13.8 Å². The number of nitrogens with one attached hydrogen (secondary N) is 1. The van der Waals surface area contributed by atoms with E-state index in [1.807, 2.05) is 13.8 Å². The molecule has 0 aromatic rings. The fourth-order valence-electron chi connectivity index (χ4n) is 0.593. The van der Waals surface area contributed by atoms with E-state index >= 15 is 0 Å². The number of carbonyl (C=O) groups is 2. The van der Waals surface area contributed by atoms with E-state index in [4.69, 9.17) is 0 Å². The molecule has 0 unspecified atom stereocenters. The second-order valence-electron chi connectivity index (χ2n) is 2.94. The number of hydrogen-bond donors (Lipinski definition) is 2. The van der Waals surface area contributed by atoms with Crippen LogP contribution >= 0.6 is 0 Å². The predicted molar refractivity (Wildman–Crippen MR) is 39.5 cm³/mol. The summed E-state index contributed by atoms with van der Waals surface area (Å²) in [5.74, 6) is -1.54. The summed E-state index contributed by atoms with van der Waals surface area (Å²) in [6.07, 6.45) is 0. The summed E-state index contributed by atoms with van der Waals surface area (Å²) in [5, 5.41) is 12.1. The summed E-state index contributed by atoms with van der Waals surface area (Å²) in [5.41, 5.74) is 3.59. The average molecular weight is 174 g/mol. The van der Waals surface area contributed by atoms with Gasteiger partial charge in [0.25, 0.3) is 5.91 Å². The van der Waals surface area contributed by atoms with E-state index in [1.165, 1.54) is 0 Å². The van der Waals surface area contributed by atoms with Crippen LogP contribution in [0.25, 0.3) is 0 Å². The summed E-state index contributed by atoms with van der Waals surface area (Å²) in [4.78, 5) is 21.0. The minimum absolute atomic E-state index is 0.103. The molecule has 1 amide bonds. The van der Waals surface area contributed by atoms with Gasteiger partial charge in [-0.2, -0.15) is 0 Å². The molecule has 0 heterocycles. The number of aliphatic carboxylic acids is 1. The number of quaternary nitrogens is 1. The number of amides is 1. The molecule has 0 saturated heterocycles. The van der Waals surface area contributed by atoms with Crippen LogP contribution in [0, 0.1) is 5.92 Å². The first-order valence-corrected chi connectivity index (χ1v) is 3.75. The minimum atomic E-state index is -1.29. The highest BCUT2D eigenvalue weighted by molar-refractivity contribution is 5.83. The van der Waals surface area contributed by atoms with Crippen molar-refractivity contribution in [1.29, 1.82) is 0 Å². The van der Waals surface area contributed by atoms with Gasteiger partial charge in [-0.3, -0.25) is 4.79 Å². The summed E-state index contributed by atoms with van der Waals surface area (Å²) < 4.78 is 0. The lowest BCUT2D eigenvalue weighted by Crippen LogP contribution is -2.70. The van der Waals surface area contributed by atoms with Gasteiger partial charge in [-0.25, -0.2) is 0 Å². The van der Waals surface area contributed by atoms with Gasteiger partial charge >= 0.3 is 0 Å². The Balaban J connectivity index is 3.80. The molecule has 12 heavy (non-hydrogen) atoms. The predicted octanol–water partition coefficient (Wildman–Crippen LogP) is -2.88. The van der Waals surface area contributed by atoms with Crippen LogP contribution in [-0.2, 0) is 9.59 Å². The molecule has 0 aromatic carbocycles. The van der Waals surface area contributed by atoms with Gasteiger partial charge in [0, 0.05) is 5.92 Å². The summed E-state index contributed by atoms with van der Waals surface area (Å²) in [7, 11) is 0. The topological polar surface area (TPSA) is 96.9 Å². The molecule has 0 spiro atoms. The Morgan fingerprint density at radius 2 is 2.00 bits per heavy atom. The van der Waals surface area contributed by atoms with Crippen molar-refractivity contribution in [3.05, 3.63) is 0 Å². The fourth-order valence-corrected chi connectivity index (χ4v) is 0.593. The molecule has 5 heteroatoms. The molecule has 0 aliphatic heterocycles. The second kappa shape index (κ2) is 4.71. The molecule has 0 bridgehead atoms. The lowest BCUT2D eigenvalue weighted by atomic mass is 10.1. The van der Waals surface area contributed by atoms with Crippen LogP contribution in [0.15, 0.2) is 0 Å². The van der Waals surface area contributed by atoms with Crippen LogP contribution in [0.5, 0.6) is 0 Å². The Hall–Kier alpha value is -1.10. The van der Waals surface area contributed by atoms with Crippen molar-refractivity contribution in [2.24, 2.45) is 5.92 Å². The van der Waals surface area contributed by atoms with E-state index in [-0.39, 0.29) is 11.8 Å². The zero-order valence-corrected chi connectivity index (χ0v) is 7.29. The van der Waals surface area contributed by atoms with E-state index in [1.54, 1.807) is 0 Å². The van der Waals surface area contributed by atoms with Crippen LogP contribution < -0.4 is 16.2 Å². The first kappa shape index (κ1) is 10.9.